The van der Waals surface area contributed by atoms with Gasteiger partial charge in [0.15, 0.2) is 5.69 Å². The van der Waals surface area contributed by atoms with Crippen molar-refractivity contribution in [2.24, 2.45) is 16.7 Å². The van der Waals surface area contributed by atoms with E-state index in [1.54, 1.807) is 0 Å². The molecule has 0 spiro atoms. The van der Waals surface area contributed by atoms with Gasteiger partial charge in [-0.1, -0.05) is 45.9 Å². The average molecular weight is 280 g/mol. The van der Waals surface area contributed by atoms with E-state index in [0.29, 0.717) is 22.4 Å². The Kier molecular flexibility index (Phi) is 2.91. The molecule has 0 aliphatic heterocycles. The van der Waals surface area contributed by atoms with Gasteiger partial charge in [0.2, 0.25) is 0 Å². The van der Waals surface area contributed by atoms with Crippen molar-refractivity contribution in [2.45, 2.75) is 27.7 Å². The predicted molar refractivity (Wildman–Crippen MR) is 83.8 cm³/mol. The number of nitrogens with one attached hydrogen (secondary N) is 1. The van der Waals surface area contributed by atoms with Crippen molar-refractivity contribution < 1.29 is 0 Å². The van der Waals surface area contributed by atoms with E-state index in [-0.39, 0.29) is 0 Å². The summed E-state index contributed by atoms with van der Waals surface area (Å²) in [4.78, 5) is 0. The summed E-state index contributed by atoms with van der Waals surface area (Å²) in [6.45, 7) is 10.0. The molecular weight excluding hydrogens is 260 g/mol. The molecule has 4 heteroatoms. The topological polar surface area (TPSA) is 61.6 Å². The molecule has 0 unspecified atom stereocenters. The number of hydrogen-bond acceptors (Lipinski definition) is 4. The van der Waals surface area contributed by atoms with Crippen LogP contribution in [0, 0.1) is 28.1 Å². The maximum absolute atomic E-state index is 9.27. The summed E-state index contributed by atoms with van der Waals surface area (Å²) in [5, 5.41) is 21.8. The molecule has 0 amide bonds. The first-order valence-electron chi connectivity index (χ1n) is 7.29. The minimum atomic E-state index is 0.322. The predicted octanol–water partition coefficient (Wildman–Crippen LogP) is 3.60. The maximum Gasteiger partial charge on any atom is 0.186 e. The Hall–Kier alpha value is -2.15. The van der Waals surface area contributed by atoms with E-state index in [9.17, 15) is 5.26 Å². The van der Waals surface area contributed by atoms with Crippen LogP contribution in [0.2, 0.25) is 0 Å². The second kappa shape index (κ2) is 4.42. The molecule has 0 bridgehead atoms. The Labute approximate surface area is 125 Å². The third-order valence-electron chi connectivity index (χ3n) is 5.58. The highest BCUT2D eigenvalue weighted by Gasteiger charge is 2.64. The number of benzene rings is 1. The first kappa shape index (κ1) is 13.8. The average Bonchev–Trinajstić information content (AvgIpc) is 2.85. The van der Waals surface area contributed by atoms with Crippen LogP contribution in [-0.2, 0) is 0 Å². The molecule has 1 aliphatic rings. The highest BCUT2D eigenvalue weighted by atomic mass is 15.1. The zero-order chi connectivity index (χ0) is 15.3. The molecule has 0 radical (unpaired) electrons. The second-order valence-corrected chi connectivity index (χ2v) is 6.93. The van der Waals surface area contributed by atoms with Gasteiger partial charge in [-0.15, -0.1) is 10.2 Å². The quantitative estimate of drug-likeness (QED) is 0.933. The van der Waals surface area contributed by atoms with Crippen LogP contribution < -0.4 is 5.32 Å². The van der Waals surface area contributed by atoms with Crippen LogP contribution in [-0.4, -0.2) is 16.7 Å². The minimum Gasteiger partial charge on any atom is -0.382 e. The van der Waals surface area contributed by atoms with Gasteiger partial charge in [0, 0.05) is 11.9 Å². The Bertz CT molecular complexity index is 726. The van der Waals surface area contributed by atoms with Gasteiger partial charge >= 0.3 is 0 Å². The van der Waals surface area contributed by atoms with E-state index < -0.39 is 0 Å². The lowest BCUT2D eigenvalue weighted by molar-refractivity contribution is 0.457. The molecule has 108 valence electrons. The summed E-state index contributed by atoms with van der Waals surface area (Å²) in [6.07, 6.45) is 0. The van der Waals surface area contributed by atoms with Crippen LogP contribution >= 0.6 is 0 Å². The number of rotatable bonds is 3. The summed E-state index contributed by atoms with van der Waals surface area (Å²) < 4.78 is 0. The Balaban J connectivity index is 1.92. The Morgan fingerprint density at radius 1 is 1.14 bits per heavy atom. The summed E-state index contributed by atoms with van der Waals surface area (Å²) in [6, 6.07) is 9.93. The third kappa shape index (κ3) is 1.96. The molecule has 1 N–H and O–H groups in total. The molecule has 2 aromatic rings. The van der Waals surface area contributed by atoms with Gasteiger partial charge in [0.05, 0.1) is 11.2 Å². The van der Waals surface area contributed by atoms with Crippen LogP contribution in [0.15, 0.2) is 24.3 Å². The molecule has 21 heavy (non-hydrogen) atoms. The van der Waals surface area contributed by atoms with Gasteiger partial charge in [0.1, 0.15) is 6.07 Å². The van der Waals surface area contributed by atoms with E-state index in [1.165, 1.54) is 0 Å². The van der Waals surface area contributed by atoms with Crippen molar-refractivity contribution in [3.63, 3.8) is 0 Å². The van der Waals surface area contributed by atoms with Crippen molar-refractivity contribution in [1.29, 1.82) is 5.26 Å². The number of anilines is 1. The lowest BCUT2D eigenvalue weighted by Gasteiger charge is -2.11. The number of fused-ring (bicyclic) bond motifs is 1. The lowest BCUT2D eigenvalue weighted by Crippen LogP contribution is -2.11. The number of nitriles is 1. The number of aromatic nitrogens is 2. The normalized spacial score (nSPS) is 19.2. The molecule has 0 atom stereocenters. The van der Waals surface area contributed by atoms with E-state index in [4.69, 9.17) is 0 Å². The van der Waals surface area contributed by atoms with Gasteiger partial charge in [-0.05, 0) is 22.8 Å². The molecule has 1 saturated carbocycles. The Morgan fingerprint density at radius 2 is 1.81 bits per heavy atom. The molecule has 3 rings (SSSR count). The van der Waals surface area contributed by atoms with Crippen LogP contribution in [0.1, 0.15) is 33.4 Å². The molecule has 0 saturated heterocycles. The largest absolute Gasteiger partial charge is 0.382 e. The van der Waals surface area contributed by atoms with Gasteiger partial charge in [-0.3, -0.25) is 0 Å². The fourth-order valence-electron chi connectivity index (χ4n) is 3.36. The first-order valence-corrected chi connectivity index (χ1v) is 7.29. The van der Waals surface area contributed by atoms with Gasteiger partial charge < -0.3 is 5.32 Å². The highest BCUT2D eigenvalue weighted by molar-refractivity contribution is 5.92. The van der Waals surface area contributed by atoms with Gasteiger partial charge in [-0.25, -0.2) is 0 Å². The van der Waals surface area contributed by atoms with E-state index >= 15 is 0 Å². The van der Waals surface area contributed by atoms with Crippen LogP contribution in [0.4, 0.5) is 5.69 Å². The third-order valence-corrected chi connectivity index (χ3v) is 5.58. The molecule has 1 aromatic carbocycles. The molecule has 1 fully saturated rings. The molecule has 1 aliphatic carbocycles. The van der Waals surface area contributed by atoms with Gasteiger partial charge in [-0.2, -0.15) is 5.26 Å². The van der Waals surface area contributed by atoms with Crippen LogP contribution in [0.5, 0.6) is 0 Å². The molecule has 1 aromatic heterocycles. The zero-order valence-corrected chi connectivity index (χ0v) is 12.9. The molecule has 1 heterocycles. The first-order chi connectivity index (χ1) is 9.89. The molecular formula is C17H20N4. The fraction of sp³-hybridized carbons (Fsp3) is 0.471. The van der Waals surface area contributed by atoms with E-state index in [0.717, 1.165) is 23.1 Å². The molecule has 4 nitrogen and oxygen atoms in total. The SMILES string of the molecule is CC1(C)C(CNc2c(C#N)nnc3ccccc23)C1(C)C. The second-order valence-electron chi connectivity index (χ2n) is 6.93. The summed E-state index contributed by atoms with van der Waals surface area (Å²) in [7, 11) is 0. The van der Waals surface area contributed by atoms with Gasteiger partial charge in [0.25, 0.3) is 0 Å². The standard InChI is InChI=1S/C17H20N4/c1-16(2)14(17(16,3)4)10-19-15-11-7-5-6-8-12(11)20-21-13(15)9-18/h5-8,14H,10H2,1-4H3,(H,19,20). The minimum absolute atomic E-state index is 0.322. The summed E-state index contributed by atoms with van der Waals surface area (Å²) in [5.41, 5.74) is 2.63. The maximum atomic E-state index is 9.27. The highest BCUT2D eigenvalue weighted by Crippen LogP contribution is 2.68. The van der Waals surface area contributed by atoms with Crippen molar-refractivity contribution in [1.82, 2.24) is 10.2 Å². The van der Waals surface area contributed by atoms with Crippen LogP contribution in [0.3, 0.4) is 0 Å². The fourth-order valence-corrected chi connectivity index (χ4v) is 3.36. The van der Waals surface area contributed by atoms with Crippen molar-refractivity contribution >= 4 is 16.6 Å². The van der Waals surface area contributed by atoms with Crippen LogP contribution in [0.25, 0.3) is 10.9 Å². The van der Waals surface area contributed by atoms with E-state index in [1.807, 2.05) is 24.3 Å². The van der Waals surface area contributed by atoms with Crippen molar-refractivity contribution in [3.05, 3.63) is 30.0 Å². The zero-order valence-electron chi connectivity index (χ0n) is 12.9. The summed E-state index contributed by atoms with van der Waals surface area (Å²) >= 11 is 0. The number of nitrogens with zero attached hydrogens (tertiary/aromatic N) is 3. The van der Waals surface area contributed by atoms with Crippen molar-refractivity contribution in [3.8, 4) is 6.07 Å². The van der Waals surface area contributed by atoms with E-state index in [2.05, 4.69) is 49.3 Å². The summed E-state index contributed by atoms with van der Waals surface area (Å²) in [5.74, 6) is 0.587. The monoisotopic (exact) mass is 280 g/mol. The number of hydrogen-bond donors (Lipinski definition) is 1. The smallest absolute Gasteiger partial charge is 0.186 e. The Morgan fingerprint density at radius 3 is 2.43 bits per heavy atom. The van der Waals surface area contributed by atoms with Crippen molar-refractivity contribution in [2.75, 3.05) is 11.9 Å². The lowest BCUT2D eigenvalue weighted by atomic mass is 10.0.